The van der Waals surface area contributed by atoms with E-state index in [2.05, 4.69) is 0 Å². The van der Waals surface area contributed by atoms with E-state index < -0.39 is 11.2 Å². The number of rotatable bonds is 7. The Morgan fingerprint density at radius 3 is 2.53 bits per heavy atom. The van der Waals surface area contributed by atoms with E-state index in [0.717, 1.165) is 17.7 Å². The molecule has 2 fully saturated rings. The molecule has 0 unspecified atom stereocenters. The van der Waals surface area contributed by atoms with E-state index in [9.17, 15) is 18.8 Å². The number of carbonyl (C=O) groups is 3. The number of likely N-dealkylation sites (tertiary alicyclic amines) is 2. The number of ether oxygens (including phenoxy) is 2. The number of halogens is 1. The molecule has 2 heterocycles. The van der Waals surface area contributed by atoms with Crippen molar-refractivity contribution in [1.29, 1.82) is 0 Å². The summed E-state index contributed by atoms with van der Waals surface area (Å²) in [6, 6.07) is 13.2. The number of likely N-dealkylation sites (N-methyl/N-ethyl adjacent to an activating group) is 1. The van der Waals surface area contributed by atoms with Gasteiger partial charge in [0.15, 0.2) is 11.6 Å². The van der Waals surface area contributed by atoms with Crippen LogP contribution in [0.25, 0.3) is 0 Å². The molecule has 0 saturated carbocycles. The van der Waals surface area contributed by atoms with E-state index in [0.29, 0.717) is 31.0 Å². The number of methoxy groups -OCH3 is 1. The molecule has 2 aromatic carbocycles. The largest absolute Gasteiger partial charge is 0.497 e. The zero-order valence-corrected chi connectivity index (χ0v) is 19.5. The van der Waals surface area contributed by atoms with Crippen molar-refractivity contribution in [3.63, 3.8) is 0 Å². The van der Waals surface area contributed by atoms with Gasteiger partial charge in [-0.3, -0.25) is 19.3 Å². The Labute approximate surface area is 198 Å². The molecule has 8 heteroatoms. The molecule has 2 aliphatic rings. The van der Waals surface area contributed by atoms with E-state index in [1.807, 2.05) is 0 Å². The summed E-state index contributed by atoms with van der Waals surface area (Å²) >= 11 is 0. The number of piperidine rings is 1. The van der Waals surface area contributed by atoms with Crippen LogP contribution in [0.4, 0.5) is 4.39 Å². The lowest BCUT2D eigenvalue weighted by atomic mass is 9.75. The molecule has 0 bridgehead atoms. The van der Waals surface area contributed by atoms with Crippen molar-refractivity contribution in [1.82, 2.24) is 9.80 Å². The molecule has 2 aromatic rings. The summed E-state index contributed by atoms with van der Waals surface area (Å²) < 4.78 is 24.7. The number of para-hydroxylation sites is 1. The maximum absolute atomic E-state index is 13.9. The summed E-state index contributed by atoms with van der Waals surface area (Å²) in [6.45, 7) is 1.34. The Balaban J connectivity index is 1.48. The lowest BCUT2D eigenvalue weighted by molar-refractivity contribution is -0.142. The molecule has 0 aromatic heterocycles. The molecule has 7 nitrogen and oxygen atoms in total. The standard InChI is InChI=1S/C26H29FN2O5/c1-28-23(30)14-26(25(28)32,19-9-11-20(33-2)12-10-19)15-24(31)29-13-5-6-18(16-29)17-34-22-8-4-3-7-21(22)27/h3-4,7-12,18H,5-6,13-17H2,1-2H3/t18-,26+/m1/s1. The number of benzene rings is 2. The number of hydrogen-bond acceptors (Lipinski definition) is 5. The SMILES string of the molecule is COc1ccc([C@@]2(CC(=O)N3CCC[C@@H](COc4ccccc4F)C3)CC(=O)N(C)C2=O)cc1. The molecule has 2 aliphatic heterocycles. The Morgan fingerprint density at radius 1 is 1.15 bits per heavy atom. The topological polar surface area (TPSA) is 76.2 Å². The van der Waals surface area contributed by atoms with Gasteiger partial charge in [-0.1, -0.05) is 24.3 Å². The van der Waals surface area contributed by atoms with Crippen molar-refractivity contribution in [2.45, 2.75) is 31.1 Å². The first-order valence-electron chi connectivity index (χ1n) is 11.4. The fraction of sp³-hybridized carbons (Fsp3) is 0.423. The normalized spacial score (nSPS) is 22.7. The smallest absolute Gasteiger partial charge is 0.240 e. The fourth-order valence-corrected chi connectivity index (χ4v) is 4.83. The minimum Gasteiger partial charge on any atom is -0.497 e. The average molecular weight is 469 g/mol. The second-order valence-electron chi connectivity index (χ2n) is 9.01. The van der Waals surface area contributed by atoms with Gasteiger partial charge < -0.3 is 14.4 Å². The van der Waals surface area contributed by atoms with Crippen molar-refractivity contribution in [3.8, 4) is 11.5 Å². The fourth-order valence-electron chi connectivity index (χ4n) is 4.83. The molecule has 2 saturated heterocycles. The second-order valence-corrected chi connectivity index (χ2v) is 9.01. The van der Waals surface area contributed by atoms with Crippen LogP contribution in [0.1, 0.15) is 31.2 Å². The molecule has 4 rings (SSSR count). The summed E-state index contributed by atoms with van der Waals surface area (Å²) in [6.07, 6.45) is 1.52. The average Bonchev–Trinajstić information content (AvgIpc) is 3.07. The molecule has 0 spiro atoms. The molecule has 0 aliphatic carbocycles. The van der Waals surface area contributed by atoms with Gasteiger partial charge in [-0.25, -0.2) is 4.39 Å². The maximum Gasteiger partial charge on any atom is 0.240 e. The Morgan fingerprint density at radius 2 is 1.88 bits per heavy atom. The number of amides is 3. The molecule has 0 N–H and O–H groups in total. The number of nitrogens with zero attached hydrogens (tertiary/aromatic N) is 2. The molecule has 2 atom stereocenters. The van der Waals surface area contributed by atoms with Crippen molar-refractivity contribution >= 4 is 17.7 Å². The third-order valence-corrected chi connectivity index (χ3v) is 6.82. The van der Waals surface area contributed by atoms with Crippen LogP contribution in [0.2, 0.25) is 0 Å². The Hall–Kier alpha value is -3.42. The predicted molar refractivity (Wildman–Crippen MR) is 123 cm³/mol. The summed E-state index contributed by atoms with van der Waals surface area (Å²) in [5.74, 6) is -0.385. The maximum atomic E-state index is 13.9. The number of imide groups is 1. The molecular formula is C26H29FN2O5. The van der Waals surface area contributed by atoms with Gasteiger partial charge in [0.05, 0.1) is 19.1 Å². The molecule has 3 amide bonds. The predicted octanol–water partition coefficient (Wildman–Crippen LogP) is 3.17. The van der Waals surface area contributed by atoms with Crippen LogP contribution < -0.4 is 9.47 Å². The van der Waals surface area contributed by atoms with Crippen LogP contribution in [0, 0.1) is 11.7 Å². The summed E-state index contributed by atoms with van der Waals surface area (Å²) in [5, 5.41) is 0. The number of carbonyl (C=O) groups excluding carboxylic acids is 3. The lowest BCUT2D eigenvalue weighted by Crippen LogP contribution is -2.46. The van der Waals surface area contributed by atoms with Gasteiger partial charge in [0.25, 0.3) is 0 Å². The minimum atomic E-state index is -1.23. The van der Waals surface area contributed by atoms with Gasteiger partial charge in [-0.05, 0) is 42.7 Å². The Kier molecular flexibility index (Phi) is 6.86. The van der Waals surface area contributed by atoms with Crippen LogP contribution in [0.3, 0.4) is 0 Å². The second kappa shape index (κ2) is 9.83. The first-order chi connectivity index (χ1) is 16.3. The molecule has 34 heavy (non-hydrogen) atoms. The van der Waals surface area contributed by atoms with Crippen LogP contribution in [0.5, 0.6) is 11.5 Å². The van der Waals surface area contributed by atoms with E-state index in [1.54, 1.807) is 54.5 Å². The zero-order chi connectivity index (χ0) is 24.3. The third-order valence-electron chi connectivity index (χ3n) is 6.82. The highest BCUT2D eigenvalue weighted by Gasteiger charge is 2.53. The van der Waals surface area contributed by atoms with E-state index in [4.69, 9.17) is 9.47 Å². The monoisotopic (exact) mass is 468 g/mol. The summed E-state index contributed by atoms with van der Waals surface area (Å²) in [7, 11) is 3.01. The van der Waals surface area contributed by atoms with E-state index in [-0.39, 0.29) is 42.2 Å². The summed E-state index contributed by atoms with van der Waals surface area (Å²) in [4.78, 5) is 41.9. The highest BCUT2D eigenvalue weighted by atomic mass is 19.1. The van der Waals surface area contributed by atoms with Crippen molar-refractivity contribution in [2.75, 3.05) is 33.9 Å². The minimum absolute atomic E-state index is 0.0476. The van der Waals surface area contributed by atoms with Crippen LogP contribution in [-0.2, 0) is 19.8 Å². The van der Waals surface area contributed by atoms with E-state index in [1.165, 1.54) is 13.1 Å². The zero-order valence-electron chi connectivity index (χ0n) is 19.5. The van der Waals surface area contributed by atoms with Crippen molar-refractivity contribution < 1.29 is 28.2 Å². The van der Waals surface area contributed by atoms with Crippen LogP contribution in [0.15, 0.2) is 48.5 Å². The van der Waals surface area contributed by atoms with Gasteiger partial charge in [-0.2, -0.15) is 0 Å². The molecule has 0 radical (unpaired) electrons. The molecular weight excluding hydrogens is 439 g/mol. The van der Waals surface area contributed by atoms with Crippen molar-refractivity contribution in [2.24, 2.45) is 5.92 Å². The quantitative estimate of drug-likeness (QED) is 0.584. The third kappa shape index (κ3) is 4.62. The van der Waals surface area contributed by atoms with E-state index >= 15 is 0 Å². The lowest BCUT2D eigenvalue weighted by Gasteiger charge is -2.35. The van der Waals surface area contributed by atoms with Crippen molar-refractivity contribution in [3.05, 3.63) is 59.9 Å². The van der Waals surface area contributed by atoms with Crippen LogP contribution in [-0.4, -0.2) is 61.4 Å². The van der Waals surface area contributed by atoms with Gasteiger partial charge in [-0.15, -0.1) is 0 Å². The van der Waals surface area contributed by atoms with Gasteiger partial charge in [0.1, 0.15) is 5.75 Å². The highest BCUT2D eigenvalue weighted by Crippen LogP contribution is 2.40. The van der Waals surface area contributed by atoms with Gasteiger partial charge >= 0.3 is 0 Å². The Bertz CT molecular complexity index is 1070. The first kappa shape index (κ1) is 23.7. The summed E-state index contributed by atoms with van der Waals surface area (Å²) in [5.41, 5.74) is -0.605. The number of hydrogen-bond donors (Lipinski definition) is 0. The highest BCUT2D eigenvalue weighted by molar-refractivity contribution is 6.10. The van der Waals surface area contributed by atoms with Gasteiger partial charge in [0.2, 0.25) is 17.7 Å². The van der Waals surface area contributed by atoms with Crippen LogP contribution >= 0.6 is 0 Å². The van der Waals surface area contributed by atoms with Gasteiger partial charge in [0, 0.05) is 38.9 Å². The first-order valence-corrected chi connectivity index (χ1v) is 11.4. The molecule has 180 valence electrons.